The number of methoxy groups -OCH3 is 1. The number of alkyl halides is 1. The Labute approximate surface area is 142 Å². The van der Waals surface area contributed by atoms with Crippen LogP contribution in [0.25, 0.3) is 0 Å². The molecule has 24 heavy (non-hydrogen) atoms. The van der Waals surface area contributed by atoms with Gasteiger partial charge in [0.25, 0.3) is 0 Å². The van der Waals surface area contributed by atoms with E-state index in [-0.39, 0.29) is 18.3 Å². The molecule has 0 radical (unpaired) electrons. The van der Waals surface area contributed by atoms with Crippen LogP contribution in [0.3, 0.4) is 0 Å². The fraction of sp³-hybridized carbons (Fsp3) is 0.632. The van der Waals surface area contributed by atoms with Crippen LogP contribution in [0.5, 0.6) is 0 Å². The highest BCUT2D eigenvalue weighted by atomic mass is 19.1. The van der Waals surface area contributed by atoms with Gasteiger partial charge in [0.15, 0.2) is 6.30 Å². The Morgan fingerprint density at radius 3 is 2.75 bits per heavy atom. The van der Waals surface area contributed by atoms with E-state index < -0.39 is 11.8 Å². The summed E-state index contributed by atoms with van der Waals surface area (Å²) in [5.41, 5.74) is 2.30. The quantitative estimate of drug-likeness (QED) is 0.840. The highest BCUT2D eigenvalue weighted by Gasteiger charge is 2.52. The van der Waals surface area contributed by atoms with Crippen molar-refractivity contribution in [3.8, 4) is 0 Å². The van der Waals surface area contributed by atoms with E-state index in [2.05, 4.69) is 0 Å². The predicted molar refractivity (Wildman–Crippen MR) is 89.1 cm³/mol. The molecule has 132 valence electrons. The number of halogens is 1. The van der Waals surface area contributed by atoms with Crippen LogP contribution in [0, 0.1) is 5.92 Å². The molecule has 1 fully saturated rings. The molecule has 1 aromatic rings. The lowest BCUT2D eigenvalue weighted by molar-refractivity contribution is -0.125. The summed E-state index contributed by atoms with van der Waals surface area (Å²) in [6.07, 6.45) is 1.09. The van der Waals surface area contributed by atoms with E-state index in [1.54, 1.807) is 7.11 Å². The van der Waals surface area contributed by atoms with Crippen LogP contribution in [0.15, 0.2) is 18.2 Å². The number of hydrogen-bond acceptors (Lipinski definition) is 4. The fourth-order valence-corrected chi connectivity index (χ4v) is 4.17. The Hall–Kier alpha value is -1.30. The van der Waals surface area contributed by atoms with Crippen LogP contribution in [0.1, 0.15) is 55.6 Å². The first-order chi connectivity index (χ1) is 11.5. The van der Waals surface area contributed by atoms with Gasteiger partial charge >= 0.3 is 0 Å². The molecule has 1 N–H and O–H groups in total. The number of ether oxygens (including phenoxy) is 1. The van der Waals surface area contributed by atoms with Crippen LogP contribution in [0.4, 0.5) is 4.39 Å². The molecule has 1 unspecified atom stereocenters. The average molecular weight is 335 g/mol. The zero-order valence-corrected chi connectivity index (χ0v) is 14.4. The number of fused-ring (bicyclic) bond motifs is 2. The van der Waals surface area contributed by atoms with Gasteiger partial charge in [-0.1, -0.05) is 25.1 Å². The number of hydrogen-bond donors (Lipinski definition) is 1. The molecule has 0 bridgehead atoms. The maximum atomic E-state index is 15.2. The second kappa shape index (κ2) is 6.90. The lowest BCUT2D eigenvalue weighted by atomic mass is 9.75. The molecule has 0 saturated heterocycles. The molecule has 0 aromatic heterocycles. The highest BCUT2D eigenvalue weighted by Crippen LogP contribution is 2.53. The molecular formula is C19H26FNO3. The number of aliphatic hydroxyl groups is 1. The van der Waals surface area contributed by atoms with Crippen LogP contribution < -0.4 is 0 Å². The molecule has 1 aromatic carbocycles. The summed E-state index contributed by atoms with van der Waals surface area (Å²) in [5.74, 6) is 0.248. The normalized spacial score (nSPS) is 24.3. The zero-order chi connectivity index (χ0) is 17.3. The summed E-state index contributed by atoms with van der Waals surface area (Å²) in [5, 5.41) is 9.42. The maximum absolute atomic E-state index is 15.2. The summed E-state index contributed by atoms with van der Waals surface area (Å²) in [7, 11) is 1.65. The number of benzene rings is 1. The second-order valence-corrected chi connectivity index (χ2v) is 7.20. The van der Waals surface area contributed by atoms with E-state index in [1.807, 2.05) is 30.0 Å². The smallest absolute Gasteiger partial charge is 0.180 e. The Balaban J connectivity index is 2.03. The van der Waals surface area contributed by atoms with Crippen molar-refractivity contribution in [2.24, 2.45) is 5.92 Å². The van der Waals surface area contributed by atoms with Crippen molar-refractivity contribution >= 4 is 5.78 Å². The number of rotatable bonds is 5. The molecule has 4 nitrogen and oxygen atoms in total. The van der Waals surface area contributed by atoms with Crippen molar-refractivity contribution in [3.05, 3.63) is 34.9 Å². The Morgan fingerprint density at radius 1 is 1.42 bits per heavy atom. The molecule has 1 saturated carbocycles. The molecule has 3 rings (SSSR count). The molecule has 0 amide bonds. The van der Waals surface area contributed by atoms with E-state index >= 15 is 4.39 Å². The van der Waals surface area contributed by atoms with Crippen LogP contribution in [0.2, 0.25) is 0 Å². The van der Waals surface area contributed by atoms with Crippen LogP contribution >= 0.6 is 0 Å². The third kappa shape index (κ3) is 2.89. The first kappa shape index (κ1) is 17.5. The third-order valence-electron chi connectivity index (χ3n) is 5.47. The van der Waals surface area contributed by atoms with Gasteiger partial charge in [0.05, 0.1) is 12.1 Å². The number of carbonyl (C=O) groups excluding carboxylic acids is 1. The number of Topliss-reactive ketones (excluding diaryl/α,β-unsaturated/α-hetero) is 1. The van der Waals surface area contributed by atoms with E-state index in [0.717, 1.165) is 11.1 Å². The molecule has 1 heterocycles. The summed E-state index contributed by atoms with van der Waals surface area (Å²) in [6.45, 7) is 2.93. The fourth-order valence-electron chi connectivity index (χ4n) is 4.17. The molecule has 5 heteroatoms. The van der Waals surface area contributed by atoms with Gasteiger partial charge in [-0.2, -0.15) is 0 Å². The largest absolute Gasteiger partial charge is 0.396 e. The van der Waals surface area contributed by atoms with Gasteiger partial charge in [0.2, 0.25) is 0 Å². The zero-order valence-electron chi connectivity index (χ0n) is 14.4. The van der Waals surface area contributed by atoms with Crippen molar-refractivity contribution < 1.29 is 19.0 Å². The van der Waals surface area contributed by atoms with Crippen molar-refractivity contribution in [1.82, 2.24) is 4.90 Å². The minimum absolute atomic E-state index is 0.00879. The molecule has 1 spiro atoms. The summed E-state index contributed by atoms with van der Waals surface area (Å²) in [6, 6.07) is 5.82. The Morgan fingerprint density at radius 2 is 2.12 bits per heavy atom. The Bertz CT molecular complexity index is 609. The maximum Gasteiger partial charge on any atom is 0.180 e. The van der Waals surface area contributed by atoms with Crippen LogP contribution in [-0.2, 0) is 21.7 Å². The van der Waals surface area contributed by atoms with Crippen molar-refractivity contribution in [1.29, 1.82) is 0 Å². The van der Waals surface area contributed by atoms with Gasteiger partial charge in [-0.25, -0.2) is 4.39 Å². The van der Waals surface area contributed by atoms with Gasteiger partial charge < -0.3 is 9.84 Å². The minimum Gasteiger partial charge on any atom is -0.396 e. The molecular weight excluding hydrogens is 309 g/mol. The lowest BCUT2D eigenvalue weighted by Gasteiger charge is -2.43. The monoisotopic (exact) mass is 335 g/mol. The first-order valence-electron chi connectivity index (χ1n) is 8.67. The van der Waals surface area contributed by atoms with E-state index in [4.69, 9.17) is 4.74 Å². The minimum atomic E-state index is -1.18. The standard InChI is InChI=1S/C19H26FNO3/c1-13(11-22)10-21-18(20)16-4-3-14(12-24-2)9-17(16)19(21)7-5-15(23)6-8-19/h3-4,9,13,18,22H,5-8,10-12H2,1-2H3/t13-,18?/m1/s1. The molecule has 1 aliphatic heterocycles. The van der Waals surface area contributed by atoms with Gasteiger partial charge in [0, 0.05) is 38.7 Å². The summed E-state index contributed by atoms with van der Waals surface area (Å²) < 4.78 is 20.5. The number of nitrogens with zero attached hydrogens (tertiary/aromatic N) is 1. The van der Waals surface area contributed by atoms with Gasteiger partial charge in [-0.15, -0.1) is 0 Å². The number of ketones is 1. The third-order valence-corrected chi connectivity index (χ3v) is 5.47. The average Bonchev–Trinajstić information content (AvgIpc) is 2.80. The molecule has 1 aliphatic carbocycles. The molecule has 2 atom stereocenters. The number of carbonyl (C=O) groups is 1. The predicted octanol–water partition coefficient (Wildman–Crippen LogP) is 3.08. The van der Waals surface area contributed by atoms with Crippen molar-refractivity contribution in [2.45, 2.75) is 51.0 Å². The Kier molecular flexibility index (Phi) is 5.04. The summed E-state index contributed by atoms with van der Waals surface area (Å²) >= 11 is 0. The second-order valence-electron chi connectivity index (χ2n) is 7.20. The van der Waals surface area contributed by atoms with Crippen LogP contribution in [-0.4, -0.2) is 36.1 Å². The number of aliphatic hydroxyl groups excluding tert-OH is 1. The van der Waals surface area contributed by atoms with Gasteiger partial charge in [-0.05, 0) is 29.9 Å². The van der Waals surface area contributed by atoms with E-state index in [0.29, 0.717) is 44.4 Å². The summed E-state index contributed by atoms with van der Waals surface area (Å²) in [4.78, 5) is 13.7. The van der Waals surface area contributed by atoms with Gasteiger partial charge in [0.1, 0.15) is 5.78 Å². The first-order valence-corrected chi connectivity index (χ1v) is 8.67. The van der Waals surface area contributed by atoms with Crippen molar-refractivity contribution in [2.75, 3.05) is 20.3 Å². The topological polar surface area (TPSA) is 49.8 Å². The lowest BCUT2D eigenvalue weighted by Crippen LogP contribution is -2.47. The van der Waals surface area contributed by atoms with Gasteiger partial charge in [-0.3, -0.25) is 9.69 Å². The highest BCUT2D eigenvalue weighted by molar-refractivity contribution is 5.79. The molecule has 2 aliphatic rings. The van der Waals surface area contributed by atoms with E-state index in [9.17, 15) is 9.90 Å². The van der Waals surface area contributed by atoms with E-state index in [1.165, 1.54) is 0 Å². The van der Waals surface area contributed by atoms with Crippen molar-refractivity contribution in [3.63, 3.8) is 0 Å². The SMILES string of the molecule is COCc1ccc2c(c1)C1(CCC(=O)CC1)N(C[C@@H](C)CO)C2F.